The summed E-state index contributed by atoms with van der Waals surface area (Å²) < 4.78 is 5.69. The van der Waals surface area contributed by atoms with Gasteiger partial charge in [-0.1, -0.05) is 31.4 Å². The van der Waals surface area contributed by atoms with Crippen LogP contribution in [0.5, 0.6) is 5.88 Å². The molecule has 2 fully saturated rings. The van der Waals surface area contributed by atoms with Crippen molar-refractivity contribution in [2.45, 2.75) is 51.0 Å². The number of hydrogen-bond donors (Lipinski definition) is 1. The average molecular weight is 383 g/mol. The van der Waals surface area contributed by atoms with E-state index in [0.717, 1.165) is 42.8 Å². The summed E-state index contributed by atoms with van der Waals surface area (Å²) in [6, 6.07) is 7.88. The van der Waals surface area contributed by atoms with Gasteiger partial charge in [0.15, 0.2) is 6.61 Å². The molecule has 6 heteroatoms. The van der Waals surface area contributed by atoms with E-state index < -0.39 is 0 Å². The predicted molar refractivity (Wildman–Crippen MR) is 109 cm³/mol. The Kier molecular flexibility index (Phi) is 6.37. The van der Waals surface area contributed by atoms with Gasteiger partial charge in [-0.2, -0.15) is 0 Å². The third kappa shape index (κ3) is 4.98. The Hall–Kier alpha value is -2.21. The quantitative estimate of drug-likeness (QED) is 0.831. The van der Waals surface area contributed by atoms with Gasteiger partial charge in [-0.25, -0.2) is 9.97 Å². The summed E-state index contributed by atoms with van der Waals surface area (Å²) >= 11 is 0. The molecule has 0 radical (unpaired) electrons. The number of ether oxygens (including phenoxy) is 1. The van der Waals surface area contributed by atoms with Crippen molar-refractivity contribution >= 4 is 16.8 Å². The van der Waals surface area contributed by atoms with Crippen LogP contribution < -0.4 is 10.1 Å². The van der Waals surface area contributed by atoms with Gasteiger partial charge in [0.25, 0.3) is 5.91 Å². The maximum Gasteiger partial charge on any atom is 0.258 e. The number of carbonyl (C=O) groups is 1. The van der Waals surface area contributed by atoms with Crippen molar-refractivity contribution in [3.63, 3.8) is 0 Å². The molecule has 2 aliphatic rings. The van der Waals surface area contributed by atoms with Crippen molar-refractivity contribution in [3.05, 3.63) is 30.6 Å². The normalized spacial score (nSPS) is 21.5. The molecule has 2 heterocycles. The van der Waals surface area contributed by atoms with Gasteiger partial charge in [-0.3, -0.25) is 4.79 Å². The van der Waals surface area contributed by atoms with Crippen molar-refractivity contribution in [2.75, 3.05) is 26.2 Å². The van der Waals surface area contributed by atoms with E-state index in [2.05, 4.69) is 20.2 Å². The topological polar surface area (TPSA) is 67.3 Å². The molecule has 4 rings (SSSR count). The average Bonchev–Trinajstić information content (AvgIpc) is 2.73. The van der Waals surface area contributed by atoms with E-state index in [9.17, 15) is 4.79 Å². The fourth-order valence-corrected chi connectivity index (χ4v) is 4.57. The highest BCUT2D eigenvalue weighted by atomic mass is 16.5. The minimum atomic E-state index is -0.0767. The number of para-hydroxylation sites is 1. The highest BCUT2D eigenvalue weighted by Gasteiger charge is 2.24. The number of hydrogen-bond acceptors (Lipinski definition) is 5. The van der Waals surface area contributed by atoms with Crippen LogP contribution in [0.15, 0.2) is 30.6 Å². The summed E-state index contributed by atoms with van der Waals surface area (Å²) in [5.74, 6) is 1.23. The number of fused-ring (bicyclic) bond motifs is 1. The summed E-state index contributed by atoms with van der Waals surface area (Å²) in [4.78, 5) is 23.4. The van der Waals surface area contributed by atoms with Crippen molar-refractivity contribution in [1.29, 1.82) is 0 Å². The molecule has 1 saturated carbocycles. The van der Waals surface area contributed by atoms with Gasteiger partial charge in [0.1, 0.15) is 6.33 Å². The van der Waals surface area contributed by atoms with Crippen LogP contribution in [0.1, 0.15) is 44.9 Å². The molecule has 1 N–H and O–H groups in total. The maximum absolute atomic E-state index is 12.4. The number of nitrogens with one attached hydrogen (secondary N) is 1. The van der Waals surface area contributed by atoms with Crippen molar-refractivity contribution < 1.29 is 9.53 Å². The number of piperidine rings is 1. The Bertz CT molecular complexity index is 786. The lowest BCUT2D eigenvalue weighted by molar-refractivity contribution is -0.124. The number of rotatable bonds is 6. The van der Waals surface area contributed by atoms with Gasteiger partial charge in [0.05, 0.1) is 10.9 Å². The molecule has 1 aromatic carbocycles. The minimum absolute atomic E-state index is 0.0138. The van der Waals surface area contributed by atoms with Crippen molar-refractivity contribution in [3.8, 4) is 5.88 Å². The number of aromatic nitrogens is 2. The van der Waals surface area contributed by atoms with Crippen LogP contribution in [0.25, 0.3) is 10.9 Å². The van der Waals surface area contributed by atoms with Gasteiger partial charge in [0.2, 0.25) is 5.88 Å². The van der Waals surface area contributed by atoms with E-state index in [1.165, 1.54) is 45.0 Å². The van der Waals surface area contributed by atoms with Crippen LogP contribution in [-0.2, 0) is 4.79 Å². The fourth-order valence-electron chi connectivity index (χ4n) is 4.57. The van der Waals surface area contributed by atoms with Gasteiger partial charge >= 0.3 is 0 Å². The van der Waals surface area contributed by atoms with Gasteiger partial charge in [-0.15, -0.1) is 0 Å². The molecule has 1 unspecified atom stereocenters. The van der Waals surface area contributed by atoms with Crippen molar-refractivity contribution in [1.82, 2.24) is 20.2 Å². The molecule has 6 nitrogen and oxygen atoms in total. The zero-order valence-electron chi connectivity index (χ0n) is 16.5. The molecule has 1 saturated heterocycles. The SMILES string of the molecule is O=C(COc1ncnc2ccccc12)NC1CCCN(CC2CCCCC2)C1. The first-order chi connectivity index (χ1) is 13.8. The maximum atomic E-state index is 12.4. The number of carbonyl (C=O) groups excluding carboxylic acids is 1. The molecule has 1 aliphatic carbocycles. The van der Waals surface area contributed by atoms with E-state index in [1.807, 2.05) is 24.3 Å². The summed E-state index contributed by atoms with van der Waals surface area (Å²) in [5.41, 5.74) is 0.818. The van der Waals surface area contributed by atoms with Gasteiger partial charge in [-0.05, 0) is 50.3 Å². The van der Waals surface area contributed by atoms with Crippen LogP contribution in [0.3, 0.4) is 0 Å². The second-order valence-electron chi connectivity index (χ2n) is 8.15. The molecule has 1 atom stereocenters. The largest absolute Gasteiger partial charge is 0.467 e. The molecule has 2 aromatic rings. The lowest BCUT2D eigenvalue weighted by atomic mass is 9.88. The Morgan fingerprint density at radius 1 is 1.11 bits per heavy atom. The number of amides is 1. The van der Waals surface area contributed by atoms with Crippen LogP contribution in [0, 0.1) is 5.92 Å². The van der Waals surface area contributed by atoms with E-state index in [4.69, 9.17) is 4.74 Å². The van der Waals surface area contributed by atoms with Crippen LogP contribution >= 0.6 is 0 Å². The van der Waals surface area contributed by atoms with E-state index in [1.54, 1.807) is 0 Å². The van der Waals surface area contributed by atoms with Gasteiger partial charge in [0, 0.05) is 19.1 Å². The summed E-state index contributed by atoms with van der Waals surface area (Å²) in [7, 11) is 0. The summed E-state index contributed by atoms with van der Waals surface area (Å²) in [6.45, 7) is 3.29. The summed E-state index contributed by atoms with van der Waals surface area (Å²) in [6.07, 6.45) is 10.6. The summed E-state index contributed by atoms with van der Waals surface area (Å²) in [5, 5.41) is 3.98. The molecule has 1 aliphatic heterocycles. The molecule has 0 bridgehead atoms. The van der Waals surface area contributed by atoms with E-state index in [-0.39, 0.29) is 18.6 Å². The standard InChI is InChI=1S/C22H30N4O2/c27-21(15-28-22-19-10-4-5-11-20(19)23-16-24-22)25-18-9-6-12-26(14-18)13-17-7-2-1-3-8-17/h4-5,10-11,16-18H,1-3,6-9,12-15H2,(H,25,27). The highest BCUT2D eigenvalue weighted by Crippen LogP contribution is 2.25. The second-order valence-corrected chi connectivity index (χ2v) is 8.15. The smallest absolute Gasteiger partial charge is 0.258 e. The molecular weight excluding hydrogens is 352 g/mol. The van der Waals surface area contributed by atoms with E-state index in [0.29, 0.717) is 5.88 Å². The third-order valence-corrected chi connectivity index (χ3v) is 5.96. The number of benzene rings is 1. The molecular formula is C22H30N4O2. The first-order valence-electron chi connectivity index (χ1n) is 10.6. The molecule has 150 valence electrons. The molecule has 1 aromatic heterocycles. The number of nitrogens with zero attached hydrogens (tertiary/aromatic N) is 3. The lowest BCUT2D eigenvalue weighted by Gasteiger charge is -2.36. The number of likely N-dealkylation sites (tertiary alicyclic amines) is 1. The Morgan fingerprint density at radius 2 is 1.96 bits per heavy atom. The minimum Gasteiger partial charge on any atom is -0.467 e. The van der Waals surface area contributed by atoms with Crippen LogP contribution in [-0.4, -0.2) is 53.1 Å². The van der Waals surface area contributed by atoms with Crippen molar-refractivity contribution in [2.24, 2.45) is 5.92 Å². The third-order valence-electron chi connectivity index (χ3n) is 5.96. The molecule has 28 heavy (non-hydrogen) atoms. The first-order valence-corrected chi connectivity index (χ1v) is 10.6. The molecule has 0 spiro atoms. The first kappa shape index (κ1) is 19.1. The predicted octanol–water partition coefficient (Wildman–Crippen LogP) is 3.17. The van der Waals surface area contributed by atoms with Crippen LogP contribution in [0.2, 0.25) is 0 Å². The zero-order valence-corrected chi connectivity index (χ0v) is 16.5. The van der Waals surface area contributed by atoms with E-state index >= 15 is 0 Å². The van der Waals surface area contributed by atoms with Gasteiger partial charge < -0.3 is 15.0 Å². The lowest BCUT2D eigenvalue weighted by Crippen LogP contribution is -2.49. The Morgan fingerprint density at radius 3 is 2.86 bits per heavy atom. The van der Waals surface area contributed by atoms with Crippen LogP contribution in [0.4, 0.5) is 0 Å². The fraction of sp³-hybridized carbons (Fsp3) is 0.591. The Balaban J connectivity index is 1.26. The Labute approximate surface area is 166 Å². The zero-order chi connectivity index (χ0) is 19.2. The highest BCUT2D eigenvalue weighted by molar-refractivity contribution is 5.84. The molecule has 1 amide bonds. The second kappa shape index (κ2) is 9.32. The monoisotopic (exact) mass is 382 g/mol.